The number of nitrogens with one attached hydrogen (secondary N) is 1. The van der Waals surface area contributed by atoms with Crippen LogP contribution in [-0.2, 0) is 11.0 Å². The number of alkyl halides is 3. The Labute approximate surface area is 209 Å². The van der Waals surface area contributed by atoms with Crippen LogP contribution in [-0.4, -0.2) is 30.9 Å². The number of hydrogen-bond donors (Lipinski definition) is 1. The van der Waals surface area contributed by atoms with Gasteiger partial charge in [-0.1, -0.05) is 59.8 Å². The van der Waals surface area contributed by atoms with Crippen molar-refractivity contribution in [3.05, 3.63) is 89.3 Å². The average molecular weight is 511 g/mol. The molecule has 1 unspecified atom stereocenters. The molecule has 0 spiro atoms. The van der Waals surface area contributed by atoms with Crippen molar-refractivity contribution >= 4 is 33.0 Å². The molecule has 36 heavy (non-hydrogen) atoms. The minimum atomic E-state index is -4.43. The highest BCUT2D eigenvalue weighted by Crippen LogP contribution is 2.34. The van der Waals surface area contributed by atoms with Crippen LogP contribution in [0.3, 0.4) is 0 Å². The number of fused-ring (bicyclic) bond motifs is 1. The van der Waals surface area contributed by atoms with E-state index < -0.39 is 11.7 Å². The van der Waals surface area contributed by atoms with Crippen LogP contribution in [0.15, 0.2) is 84.0 Å². The van der Waals surface area contributed by atoms with Crippen LogP contribution in [0.5, 0.6) is 5.75 Å². The van der Waals surface area contributed by atoms with Crippen LogP contribution < -0.4 is 10.1 Å². The lowest BCUT2D eigenvalue weighted by molar-refractivity contribution is -0.137. The second kappa shape index (κ2) is 10.0. The van der Waals surface area contributed by atoms with Gasteiger partial charge in [-0.05, 0) is 35.2 Å². The Morgan fingerprint density at radius 1 is 1.06 bits per heavy atom. The lowest BCUT2D eigenvalue weighted by Gasteiger charge is -2.14. The summed E-state index contributed by atoms with van der Waals surface area (Å²) in [4.78, 5) is 18.4. The van der Waals surface area contributed by atoms with Crippen LogP contribution in [0.25, 0.3) is 21.2 Å². The number of carbonyl (C=O) groups excluding carboxylic acids is 1. The zero-order valence-corrected chi connectivity index (χ0v) is 19.7. The molecule has 9 heteroatoms. The molecule has 0 fully saturated rings. The van der Waals surface area contributed by atoms with E-state index in [0.717, 1.165) is 40.3 Å². The first kappa shape index (κ1) is 23.9. The Hall–Kier alpha value is -3.85. The first-order valence-electron chi connectivity index (χ1n) is 11.2. The predicted molar refractivity (Wildman–Crippen MR) is 133 cm³/mol. The molecule has 1 aliphatic heterocycles. The summed E-state index contributed by atoms with van der Waals surface area (Å²) in [5.41, 5.74) is 1.96. The Bertz CT molecular complexity index is 1420. The zero-order valence-electron chi connectivity index (χ0n) is 18.9. The van der Waals surface area contributed by atoms with E-state index in [2.05, 4.69) is 10.5 Å². The molecule has 2 heterocycles. The highest BCUT2D eigenvalue weighted by atomic mass is 32.1. The van der Waals surface area contributed by atoms with Crippen molar-refractivity contribution in [3.8, 4) is 16.9 Å². The average Bonchev–Trinajstić information content (AvgIpc) is 3.53. The summed E-state index contributed by atoms with van der Waals surface area (Å²) in [7, 11) is 0. The minimum absolute atomic E-state index is 0.179. The minimum Gasteiger partial charge on any atom is -0.489 e. The third-order valence-corrected chi connectivity index (χ3v) is 6.81. The molecule has 184 valence electrons. The first-order chi connectivity index (χ1) is 17.4. The Kier molecular flexibility index (Phi) is 6.65. The Balaban J connectivity index is 1.14. The fourth-order valence-electron chi connectivity index (χ4n) is 3.90. The third-order valence-electron chi connectivity index (χ3n) is 5.71. The van der Waals surface area contributed by atoms with Gasteiger partial charge >= 0.3 is 6.18 Å². The van der Waals surface area contributed by atoms with E-state index in [0.29, 0.717) is 33.7 Å². The highest BCUT2D eigenvalue weighted by molar-refractivity contribution is 7.20. The van der Waals surface area contributed by atoms with E-state index in [1.54, 1.807) is 6.07 Å². The fourth-order valence-corrected chi connectivity index (χ4v) is 4.92. The van der Waals surface area contributed by atoms with Crippen molar-refractivity contribution in [2.45, 2.75) is 18.7 Å². The number of benzene rings is 3. The maximum absolute atomic E-state index is 12.9. The summed E-state index contributed by atoms with van der Waals surface area (Å²) >= 11 is 1.02. The number of nitrogens with zero attached hydrogens (tertiary/aromatic N) is 1. The molecule has 5 nitrogen and oxygen atoms in total. The number of rotatable bonds is 7. The van der Waals surface area contributed by atoms with Crippen molar-refractivity contribution in [1.82, 2.24) is 5.32 Å². The molecule has 0 saturated heterocycles. The first-order valence-corrected chi connectivity index (χ1v) is 12.1. The maximum atomic E-state index is 12.9. The van der Waals surface area contributed by atoms with Crippen molar-refractivity contribution in [3.63, 3.8) is 0 Å². The molecule has 3 aromatic carbocycles. The molecule has 5 rings (SSSR count). The number of amides is 1. The normalized spacial score (nSPS) is 15.4. The van der Waals surface area contributed by atoms with Gasteiger partial charge in [-0.2, -0.15) is 13.2 Å². The summed E-state index contributed by atoms with van der Waals surface area (Å²) in [6.07, 6.45) is -4.22. The summed E-state index contributed by atoms with van der Waals surface area (Å²) in [6, 6.07) is 22.7. The van der Waals surface area contributed by atoms with Gasteiger partial charge in [0.05, 0.1) is 22.7 Å². The predicted octanol–water partition coefficient (Wildman–Crippen LogP) is 6.54. The summed E-state index contributed by atoms with van der Waals surface area (Å²) in [6.45, 7) is 0.473. The van der Waals surface area contributed by atoms with E-state index in [1.807, 2.05) is 54.6 Å². The fraction of sp³-hybridized carbons (Fsp3) is 0.185. The van der Waals surface area contributed by atoms with Crippen molar-refractivity contribution in [2.75, 3.05) is 13.2 Å². The molecule has 1 amide bonds. The quantitative estimate of drug-likeness (QED) is 0.307. The molecule has 0 saturated carbocycles. The number of thiophene rings is 1. The van der Waals surface area contributed by atoms with E-state index in [-0.39, 0.29) is 18.6 Å². The van der Waals surface area contributed by atoms with Crippen LogP contribution in [0.1, 0.15) is 21.7 Å². The number of hydrogen-bond acceptors (Lipinski definition) is 5. The van der Waals surface area contributed by atoms with Crippen LogP contribution in [0, 0.1) is 0 Å². The SMILES string of the molecule is O=C(NCC1=NOC(COc2ccccc2-c2ccccc2)C1)c1cc2ccc(C(F)(F)F)cc2s1. The van der Waals surface area contributed by atoms with Crippen LogP contribution >= 0.6 is 11.3 Å². The number of para-hydroxylation sites is 1. The number of halogens is 3. The van der Waals surface area contributed by atoms with Gasteiger partial charge < -0.3 is 14.9 Å². The van der Waals surface area contributed by atoms with Gasteiger partial charge in [0.25, 0.3) is 5.91 Å². The third kappa shape index (κ3) is 5.36. The summed E-state index contributed by atoms with van der Waals surface area (Å²) < 4.78 is 45.3. The molecular formula is C27H21F3N2O3S. The topological polar surface area (TPSA) is 59.9 Å². The monoisotopic (exact) mass is 510 g/mol. The molecule has 0 aliphatic carbocycles. The maximum Gasteiger partial charge on any atom is 0.416 e. The molecule has 1 aliphatic rings. The molecule has 1 atom stereocenters. The van der Waals surface area contributed by atoms with Gasteiger partial charge in [0.15, 0.2) is 6.10 Å². The van der Waals surface area contributed by atoms with Gasteiger partial charge in [-0.15, -0.1) is 11.3 Å². The Morgan fingerprint density at radius 3 is 2.64 bits per heavy atom. The van der Waals surface area contributed by atoms with E-state index >= 15 is 0 Å². The van der Waals surface area contributed by atoms with Gasteiger partial charge in [0, 0.05) is 16.7 Å². The van der Waals surface area contributed by atoms with Crippen LogP contribution in [0.2, 0.25) is 0 Å². The Morgan fingerprint density at radius 2 is 1.83 bits per heavy atom. The highest BCUT2D eigenvalue weighted by Gasteiger charge is 2.31. The van der Waals surface area contributed by atoms with Gasteiger partial charge in [-0.25, -0.2) is 0 Å². The van der Waals surface area contributed by atoms with Crippen LogP contribution in [0.4, 0.5) is 13.2 Å². The molecular weight excluding hydrogens is 489 g/mol. The lowest BCUT2D eigenvalue weighted by atomic mass is 10.0. The standard InChI is InChI=1S/C27H21F3N2O3S/c28-27(29,30)19-11-10-18-12-25(36-24(18)13-19)26(33)31-15-20-14-21(35-32-20)16-34-23-9-5-4-8-22(23)17-6-2-1-3-7-17/h1-13,21H,14-16H2,(H,31,33). The number of oxime groups is 1. The smallest absolute Gasteiger partial charge is 0.416 e. The lowest BCUT2D eigenvalue weighted by Crippen LogP contribution is -2.29. The van der Waals surface area contributed by atoms with Crippen molar-refractivity contribution in [1.29, 1.82) is 0 Å². The van der Waals surface area contributed by atoms with Crippen molar-refractivity contribution in [2.24, 2.45) is 5.16 Å². The second-order valence-electron chi connectivity index (χ2n) is 8.31. The van der Waals surface area contributed by atoms with Gasteiger partial charge in [0.1, 0.15) is 12.4 Å². The largest absolute Gasteiger partial charge is 0.489 e. The van der Waals surface area contributed by atoms with E-state index in [4.69, 9.17) is 9.57 Å². The van der Waals surface area contributed by atoms with Crippen molar-refractivity contribution < 1.29 is 27.5 Å². The van der Waals surface area contributed by atoms with Gasteiger partial charge in [-0.3, -0.25) is 4.79 Å². The zero-order chi connectivity index (χ0) is 25.1. The molecule has 1 aromatic heterocycles. The molecule has 1 N–H and O–H groups in total. The summed E-state index contributed by atoms with van der Waals surface area (Å²) in [5.74, 6) is 0.372. The molecule has 4 aromatic rings. The molecule has 0 bridgehead atoms. The number of ether oxygens (including phenoxy) is 1. The molecule has 0 radical (unpaired) electrons. The van der Waals surface area contributed by atoms with E-state index in [1.165, 1.54) is 6.07 Å². The van der Waals surface area contributed by atoms with E-state index in [9.17, 15) is 18.0 Å². The second-order valence-corrected chi connectivity index (χ2v) is 9.39. The number of carbonyl (C=O) groups is 1. The summed E-state index contributed by atoms with van der Waals surface area (Å²) in [5, 5.41) is 7.42. The van der Waals surface area contributed by atoms with Gasteiger partial charge in [0.2, 0.25) is 0 Å².